The number of rotatable bonds is 2. The molecule has 0 fully saturated rings. The van der Waals surface area contributed by atoms with E-state index >= 15 is 0 Å². The minimum Gasteiger partial charge on any atom is -0.339 e. The lowest BCUT2D eigenvalue weighted by molar-refractivity contribution is 1.06. The van der Waals surface area contributed by atoms with Crippen LogP contribution in [0.25, 0.3) is 28.0 Å². The number of nitrogens with zero attached hydrogens (tertiary/aromatic N) is 2. The molecule has 0 spiro atoms. The molecule has 0 amide bonds. The number of hydrogen-bond acceptors (Lipinski definition) is 2. The molecule has 0 saturated carbocycles. The second-order valence-electron chi connectivity index (χ2n) is 5.48. The minimum absolute atomic E-state index is 0.483. The molecule has 2 aromatic heterocycles. The smallest absolute Gasteiger partial charge is 0.205 e. The zero-order valence-electron chi connectivity index (χ0n) is 12.6. The van der Waals surface area contributed by atoms with Gasteiger partial charge in [-0.25, -0.2) is 4.98 Å². The summed E-state index contributed by atoms with van der Waals surface area (Å²) >= 11 is 21.0. The zero-order valence-corrected chi connectivity index (χ0v) is 16.5. The molecule has 0 aliphatic heterocycles. The van der Waals surface area contributed by atoms with Gasteiger partial charge in [0.25, 0.3) is 0 Å². The number of halogens is 3. The van der Waals surface area contributed by atoms with E-state index < -0.39 is 0 Å². The number of hydrogen-bond donors (Lipinski definition) is 1. The van der Waals surface area contributed by atoms with Crippen LogP contribution in [0.1, 0.15) is 0 Å². The first-order valence-electron chi connectivity index (χ1n) is 7.35. The Morgan fingerprint density at radius 3 is 2.64 bits per heavy atom. The lowest BCUT2D eigenvalue weighted by atomic mass is 10.1. The van der Waals surface area contributed by atoms with Crippen LogP contribution in [0.2, 0.25) is 10.0 Å². The Morgan fingerprint density at radius 2 is 1.88 bits per heavy atom. The molecule has 0 unspecified atom stereocenters. The van der Waals surface area contributed by atoms with Crippen molar-refractivity contribution in [2.45, 2.75) is 0 Å². The molecule has 0 aliphatic rings. The van der Waals surface area contributed by atoms with Crippen molar-refractivity contribution in [3.05, 3.63) is 74.1 Å². The van der Waals surface area contributed by atoms with Crippen LogP contribution in [0.4, 0.5) is 0 Å². The fourth-order valence-corrected chi connectivity index (χ4v) is 3.58. The van der Waals surface area contributed by atoms with Gasteiger partial charge in [-0.1, -0.05) is 57.3 Å². The summed E-state index contributed by atoms with van der Waals surface area (Å²) in [6, 6.07) is 13.6. The fraction of sp³-hybridized carbons (Fsp3) is 0. The monoisotopic (exact) mass is 449 g/mol. The normalized spacial score (nSPS) is 11.2. The van der Waals surface area contributed by atoms with Crippen molar-refractivity contribution in [2.24, 2.45) is 0 Å². The molecule has 1 N–H and O–H groups in total. The molecule has 4 rings (SSSR count). The molecule has 0 saturated heterocycles. The largest absolute Gasteiger partial charge is 0.339 e. The first-order valence-corrected chi connectivity index (χ1v) is 9.30. The number of benzene rings is 2. The predicted molar refractivity (Wildman–Crippen MR) is 109 cm³/mol. The molecule has 4 aromatic rings. The predicted octanol–water partition coefficient (Wildman–Crippen LogP) is 6.80. The van der Waals surface area contributed by atoms with E-state index in [0.29, 0.717) is 14.8 Å². The molecule has 2 heterocycles. The Morgan fingerprint density at radius 1 is 1.04 bits per heavy atom. The molecule has 3 nitrogen and oxygen atoms in total. The molecule has 2 aromatic carbocycles. The van der Waals surface area contributed by atoms with Gasteiger partial charge in [0.1, 0.15) is 5.65 Å². The maximum Gasteiger partial charge on any atom is 0.205 e. The van der Waals surface area contributed by atoms with Gasteiger partial charge in [0.05, 0.1) is 15.7 Å². The highest BCUT2D eigenvalue weighted by Gasteiger charge is 2.11. The minimum atomic E-state index is 0.483. The summed E-state index contributed by atoms with van der Waals surface area (Å²) in [7, 11) is 0. The molecule has 25 heavy (non-hydrogen) atoms. The van der Waals surface area contributed by atoms with Crippen LogP contribution in [0, 0.1) is 4.77 Å². The summed E-state index contributed by atoms with van der Waals surface area (Å²) in [5, 5.41) is 1.03. The highest BCUT2D eigenvalue weighted by Crippen LogP contribution is 2.31. The second-order valence-corrected chi connectivity index (χ2v) is 7.58. The highest BCUT2D eigenvalue weighted by molar-refractivity contribution is 9.10. The standard InChI is InChI=1S/C18H10BrCl2N3S/c19-12-3-1-2-10(6-12)13-8-22-18(25)24-9-16(23-17(13)24)11-4-5-14(20)15(21)7-11/h1-9,23H. The van der Waals surface area contributed by atoms with E-state index in [-0.39, 0.29) is 0 Å². The van der Waals surface area contributed by atoms with Crippen LogP contribution < -0.4 is 0 Å². The molecule has 7 heteroatoms. The average molecular weight is 451 g/mol. The third-order valence-electron chi connectivity index (χ3n) is 3.88. The van der Waals surface area contributed by atoms with Crippen LogP contribution in [0.5, 0.6) is 0 Å². The van der Waals surface area contributed by atoms with Crippen molar-refractivity contribution in [1.29, 1.82) is 0 Å². The maximum absolute atomic E-state index is 6.15. The van der Waals surface area contributed by atoms with E-state index in [2.05, 4.69) is 25.9 Å². The fourth-order valence-electron chi connectivity index (χ4n) is 2.68. The third kappa shape index (κ3) is 3.13. The lowest BCUT2D eigenvalue weighted by Gasteiger charge is -2.04. The summed E-state index contributed by atoms with van der Waals surface area (Å²) < 4.78 is 3.35. The van der Waals surface area contributed by atoms with Crippen molar-refractivity contribution in [2.75, 3.05) is 0 Å². The van der Waals surface area contributed by atoms with Gasteiger partial charge in [-0.2, -0.15) is 0 Å². The number of aromatic nitrogens is 3. The lowest BCUT2D eigenvalue weighted by Crippen LogP contribution is -1.92. The van der Waals surface area contributed by atoms with Gasteiger partial charge in [-0.05, 0) is 42.0 Å². The van der Waals surface area contributed by atoms with Gasteiger partial charge in [-0.15, -0.1) is 0 Å². The highest BCUT2D eigenvalue weighted by atomic mass is 79.9. The molecular weight excluding hydrogens is 441 g/mol. The maximum atomic E-state index is 6.15. The summed E-state index contributed by atoms with van der Waals surface area (Å²) in [6.07, 6.45) is 3.71. The van der Waals surface area contributed by atoms with E-state index in [4.69, 9.17) is 35.4 Å². The van der Waals surface area contributed by atoms with E-state index in [1.54, 1.807) is 12.3 Å². The third-order valence-corrected chi connectivity index (χ3v) is 5.42. The molecular formula is C18H10BrCl2N3S. The van der Waals surface area contributed by atoms with Crippen LogP contribution in [0.3, 0.4) is 0 Å². The van der Waals surface area contributed by atoms with Crippen LogP contribution >= 0.6 is 51.3 Å². The number of imidazole rings is 1. The Hall–Kier alpha value is -1.66. The second kappa shape index (κ2) is 6.57. The van der Waals surface area contributed by atoms with Crippen LogP contribution in [-0.4, -0.2) is 14.4 Å². The van der Waals surface area contributed by atoms with E-state index in [0.717, 1.165) is 32.5 Å². The Labute approximate surface area is 167 Å². The molecule has 124 valence electrons. The first-order chi connectivity index (χ1) is 12.0. The van der Waals surface area contributed by atoms with Gasteiger partial charge >= 0.3 is 0 Å². The number of nitrogens with one attached hydrogen (secondary N) is 1. The summed E-state index contributed by atoms with van der Waals surface area (Å²) in [5.41, 5.74) is 4.68. The van der Waals surface area contributed by atoms with Crippen molar-refractivity contribution >= 4 is 57.0 Å². The van der Waals surface area contributed by atoms with Crippen LogP contribution in [0.15, 0.2) is 59.3 Å². The zero-order chi connectivity index (χ0) is 17.6. The van der Waals surface area contributed by atoms with Gasteiger partial charge < -0.3 is 4.98 Å². The van der Waals surface area contributed by atoms with Gasteiger partial charge in [-0.3, -0.25) is 4.40 Å². The van der Waals surface area contributed by atoms with Gasteiger partial charge in [0.2, 0.25) is 4.77 Å². The van der Waals surface area contributed by atoms with E-state index in [9.17, 15) is 0 Å². The first kappa shape index (κ1) is 16.8. The average Bonchev–Trinajstić information content (AvgIpc) is 3.04. The van der Waals surface area contributed by atoms with Gasteiger partial charge in [0, 0.05) is 28.0 Å². The summed E-state index contributed by atoms with van der Waals surface area (Å²) in [4.78, 5) is 7.77. The SMILES string of the molecule is S=c1ncc(-c2cccc(Br)c2)c2[nH]c(-c3ccc(Cl)c(Cl)c3)cn12. The topological polar surface area (TPSA) is 33.1 Å². The van der Waals surface area contributed by atoms with Gasteiger partial charge in [0.15, 0.2) is 0 Å². The number of fused-ring (bicyclic) bond motifs is 1. The van der Waals surface area contributed by atoms with Crippen molar-refractivity contribution in [3.8, 4) is 22.4 Å². The van der Waals surface area contributed by atoms with Crippen molar-refractivity contribution in [3.63, 3.8) is 0 Å². The number of aromatic amines is 1. The van der Waals surface area contributed by atoms with E-state index in [1.165, 1.54) is 0 Å². The number of H-pyrrole nitrogens is 1. The molecule has 0 bridgehead atoms. The van der Waals surface area contributed by atoms with Crippen molar-refractivity contribution in [1.82, 2.24) is 14.4 Å². The Bertz CT molecular complexity index is 1170. The van der Waals surface area contributed by atoms with E-state index in [1.807, 2.05) is 47.0 Å². The summed E-state index contributed by atoms with van der Waals surface area (Å²) in [6.45, 7) is 0. The van der Waals surface area contributed by atoms with Crippen molar-refractivity contribution < 1.29 is 0 Å². The molecule has 0 aliphatic carbocycles. The quantitative estimate of drug-likeness (QED) is 0.341. The molecule has 0 radical (unpaired) electrons. The Kier molecular flexibility index (Phi) is 4.41. The Balaban J connectivity index is 1.96. The molecule has 0 atom stereocenters. The van der Waals surface area contributed by atoms with Crippen LogP contribution in [-0.2, 0) is 0 Å². The summed E-state index contributed by atoms with van der Waals surface area (Å²) in [5.74, 6) is 0.